The maximum Gasteiger partial charge on any atom is 0.319 e. The molecule has 0 aromatic heterocycles. The molecule has 128 valence electrons. The summed E-state index contributed by atoms with van der Waals surface area (Å²) in [5, 5.41) is 6.30. The highest BCUT2D eigenvalue weighted by molar-refractivity contribution is 7.98. The van der Waals surface area contributed by atoms with Gasteiger partial charge in [-0.25, -0.2) is 4.79 Å². The van der Waals surface area contributed by atoms with Gasteiger partial charge in [-0.3, -0.25) is 0 Å². The van der Waals surface area contributed by atoms with Crippen molar-refractivity contribution in [3.63, 3.8) is 0 Å². The van der Waals surface area contributed by atoms with Crippen LogP contribution in [0.15, 0.2) is 36.4 Å². The van der Waals surface area contributed by atoms with Crippen LogP contribution >= 0.6 is 23.4 Å². The van der Waals surface area contributed by atoms with Crippen molar-refractivity contribution in [3.05, 3.63) is 63.7 Å². The molecule has 0 saturated heterocycles. The molecule has 0 unspecified atom stereocenters. The molecule has 2 N–H and O–H groups in total. The second-order valence-corrected chi connectivity index (χ2v) is 7.36. The van der Waals surface area contributed by atoms with Crippen molar-refractivity contribution in [3.8, 4) is 0 Å². The number of benzene rings is 2. The standard InChI is InChI=1S/C19H23ClN2OS/c1-13-10-14(2)18(15(3)11-13)12-24-9-8-21-19(23)22-17-6-4-16(20)5-7-17/h4-7,10-11H,8-9,12H2,1-3H3,(H2,21,22,23). The average molecular weight is 363 g/mol. The van der Waals surface area contributed by atoms with Gasteiger partial charge >= 0.3 is 6.03 Å². The summed E-state index contributed by atoms with van der Waals surface area (Å²) in [5.41, 5.74) is 6.12. The molecule has 0 saturated carbocycles. The van der Waals surface area contributed by atoms with Crippen LogP contribution in [0.5, 0.6) is 0 Å². The molecule has 0 radical (unpaired) electrons. The number of carbonyl (C=O) groups is 1. The van der Waals surface area contributed by atoms with Crippen LogP contribution in [0.2, 0.25) is 5.02 Å². The average Bonchev–Trinajstić information content (AvgIpc) is 2.51. The van der Waals surface area contributed by atoms with Crippen LogP contribution in [0.4, 0.5) is 10.5 Å². The van der Waals surface area contributed by atoms with Gasteiger partial charge in [0.1, 0.15) is 0 Å². The summed E-state index contributed by atoms with van der Waals surface area (Å²) in [6.07, 6.45) is 0. The summed E-state index contributed by atoms with van der Waals surface area (Å²) in [7, 11) is 0. The van der Waals surface area contributed by atoms with Crippen LogP contribution in [0.25, 0.3) is 0 Å². The fourth-order valence-electron chi connectivity index (χ4n) is 2.56. The first-order valence-electron chi connectivity index (χ1n) is 7.90. The SMILES string of the molecule is Cc1cc(C)c(CSCCNC(=O)Nc2ccc(Cl)cc2)c(C)c1. The van der Waals surface area contributed by atoms with Gasteiger partial charge in [-0.05, 0) is 61.7 Å². The second kappa shape index (κ2) is 9.00. The Morgan fingerprint density at radius 2 is 1.71 bits per heavy atom. The van der Waals surface area contributed by atoms with Gasteiger partial charge in [0, 0.05) is 28.8 Å². The molecule has 3 nitrogen and oxygen atoms in total. The number of rotatable bonds is 6. The van der Waals surface area contributed by atoms with Crippen LogP contribution in [-0.4, -0.2) is 18.3 Å². The maximum absolute atomic E-state index is 11.8. The van der Waals surface area contributed by atoms with Crippen LogP contribution in [-0.2, 0) is 5.75 Å². The lowest BCUT2D eigenvalue weighted by atomic mass is 10.0. The van der Waals surface area contributed by atoms with Crippen molar-refractivity contribution in [1.29, 1.82) is 0 Å². The fourth-order valence-corrected chi connectivity index (χ4v) is 3.73. The zero-order chi connectivity index (χ0) is 17.5. The predicted molar refractivity (Wildman–Crippen MR) is 105 cm³/mol. The molecule has 2 rings (SSSR count). The van der Waals surface area contributed by atoms with Gasteiger partial charge in [-0.2, -0.15) is 11.8 Å². The minimum atomic E-state index is -0.194. The minimum absolute atomic E-state index is 0.194. The van der Waals surface area contributed by atoms with Gasteiger partial charge in [0.15, 0.2) is 0 Å². The Balaban J connectivity index is 1.69. The van der Waals surface area contributed by atoms with E-state index in [0.717, 1.165) is 17.2 Å². The summed E-state index contributed by atoms with van der Waals surface area (Å²) in [6, 6.07) is 11.3. The molecule has 0 fully saturated rings. The number of amides is 2. The Morgan fingerprint density at radius 1 is 1.08 bits per heavy atom. The van der Waals surface area contributed by atoms with Gasteiger partial charge in [0.05, 0.1) is 0 Å². The monoisotopic (exact) mass is 362 g/mol. The number of carbonyl (C=O) groups excluding carboxylic acids is 1. The zero-order valence-electron chi connectivity index (χ0n) is 14.3. The Hall–Kier alpha value is -1.65. The number of thioether (sulfide) groups is 1. The maximum atomic E-state index is 11.8. The third-order valence-corrected chi connectivity index (χ3v) is 4.96. The number of anilines is 1. The molecular weight excluding hydrogens is 340 g/mol. The van der Waals surface area contributed by atoms with E-state index < -0.39 is 0 Å². The zero-order valence-corrected chi connectivity index (χ0v) is 15.9. The summed E-state index contributed by atoms with van der Waals surface area (Å²) in [6.45, 7) is 7.08. The van der Waals surface area contributed by atoms with Crippen LogP contribution in [0.3, 0.4) is 0 Å². The molecular formula is C19H23ClN2OS. The minimum Gasteiger partial charge on any atom is -0.337 e. The number of halogens is 1. The first-order valence-corrected chi connectivity index (χ1v) is 9.44. The lowest BCUT2D eigenvalue weighted by Crippen LogP contribution is -2.30. The topological polar surface area (TPSA) is 41.1 Å². The third kappa shape index (κ3) is 5.77. The number of hydrogen-bond donors (Lipinski definition) is 2. The second-order valence-electron chi connectivity index (χ2n) is 5.82. The van der Waals surface area contributed by atoms with Crippen molar-refractivity contribution >= 4 is 35.1 Å². The molecule has 0 aliphatic rings. The summed E-state index contributed by atoms with van der Waals surface area (Å²) >= 11 is 7.65. The van der Waals surface area contributed by atoms with Gasteiger partial charge < -0.3 is 10.6 Å². The highest BCUT2D eigenvalue weighted by atomic mass is 35.5. The lowest BCUT2D eigenvalue weighted by Gasteiger charge is -2.11. The number of aryl methyl sites for hydroxylation is 3. The Kier molecular flexibility index (Phi) is 7.00. The van der Waals surface area contributed by atoms with Crippen molar-refractivity contribution in [1.82, 2.24) is 5.32 Å². The first-order chi connectivity index (χ1) is 11.5. The van der Waals surface area contributed by atoms with E-state index in [2.05, 4.69) is 43.5 Å². The number of hydrogen-bond acceptors (Lipinski definition) is 2. The highest BCUT2D eigenvalue weighted by Gasteiger charge is 2.05. The van der Waals surface area contributed by atoms with E-state index in [1.54, 1.807) is 24.3 Å². The van der Waals surface area contributed by atoms with Gasteiger partial charge in [-0.1, -0.05) is 29.3 Å². The molecule has 2 amide bonds. The van der Waals surface area contributed by atoms with Crippen LogP contribution in [0.1, 0.15) is 22.3 Å². The molecule has 2 aromatic carbocycles. The summed E-state index contributed by atoms with van der Waals surface area (Å²) < 4.78 is 0. The van der Waals surface area contributed by atoms with E-state index in [4.69, 9.17) is 11.6 Å². The van der Waals surface area contributed by atoms with Crippen LogP contribution in [0, 0.1) is 20.8 Å². The molecule has 2 aromatic rings. The van der Waals surface area contributed by atoms with E-state index in [0.29, 0.717) is 11.6 Å². The van der Waals surface area contributed by atoms with E-state index in [1.165, 1.54) is 22.3 Å². The summed E-state index contributed by atoms with van der Waals surface area (Å²) in [5.74, 6) is 1.85. The Morgan fingerprint density at radius 3 is 2.33 bits per heavy atom. The van der Waals surface area contributed by atoms with Crippen molar-refractivity contribution < 1.29 is 4.79 Å². The molecule has 0 aliphatic heterocycles. The van der Waals surface area contributed by atoms with Crippen LogP contribution < -0.4 is 10.6 Å². The summed E-state index contributed by atoms with van der Waals surface area (Å²) in [4.78, 5) is 11.8. The lowest BCUT2D eigenvalue weighted by molar-refractivity contribution is 0.252. The predicted octanol–water partition coefficient (Wildman–Crippen LogP) is 5.32. The Bertz CT molecular complexity index is 678. The fraction of sp³-hybridized carbons (Fsp3) is 0.316. The molecule has 0 atom stereocenters. The molecule has 0 aliphatic carbocycles. The van der Waals surface area contributed by atoms with Crippen molar-refractivity contribution in [2.24, 2.45) is 0 Å². The Labute approximate surface area is 153 Å². The third-order valence-electron chi connectivity index (χ3n) is 3.72. The number of nitrogens with one attached hydrogen (secondary N) is 2. The van der Waals surface area contributed by atoms with Crippen molar-refractivity contribution in [2.45, 2.75) is 26.5 Å². The molecule has 0 spiro atoms. The number of urea groups is 1. The van der Waals surface area contributed by atoms with E-state index in [9.17, 15) is 4.79 Å². The van der Waals surface area contributed by atoms with Gasteiger partial charge in [-0.15, -0.1) is 0 Å². The van der Waals surface area contributed by atoms with E-state index in [-0.39, 0.29) is 6.03 Å². The molecule has 5 heteroatoms. The highest BCUT2D eigenvalue weighted by Crippen LogP contribution is 2.21. The molecule has 0 heterocycles. The smallest absolute Gasteiger partial charge is 0.319 e. The molecule has 24 heavy (non-hydrogen) atoms. The van der Waals surface area contributed by atoms with E-state index in [1.807, 2.05) is 11.8 Å². The largest absolute Gasteiger partial charge is 0.337 e. The quantitative estimate of drug-likeness (QED) is 0.683. The van der Waals surface area contributed by atoms with E-state index >= 15 is 0 Å². The first kappa shape index (κ1) is 18.7. The van der Waals surface area contributed by atoms with Crippen molar-refractivity contribution in [2.75, 3.05) is 17.6 Å². The van der Waals surface area contributed by atoms with Gasteiger partial charge in [0.25, 0.3) is 0 Å². The van der Waals surface area contributed by atoms with Gasteiger partial charge in [0.2, 0.25) is 0 Å². The normalized spacial score (nSPS) is 10.5. The molecule has 0 bridgehead atoms.